The summed E-state index contributed by atoms with van der Waals surface area (Å²) < 4.78 is 3.19. The third-order valence-electron chi connectivity index (χ3n) is 7.58. The molecule has 0 spiro atoms. The number of hydrogen-bond acceptors (Lipinski definition) is 4. The van der Waals surface area contributed by atoms with Crippen molar-refractivity contribution in [1.29, 1.82) is 0 Å². The second-order valence-corrected chi connectivity index (χ2v) is 12.0. The molecule has 4 unspecified atom stereocenters. The van der Waals surface area contributed by atoms with Crippen molar-refractivity contribution in [2.24, 2.45) is 11.8 Å². The Morgan fingerprint density at radius 1 is 1.26 bits per heavy atom. The second kappa shape index (κ2) is 12.0. The molecular weight excluding hydrogens is 462 g/mol. The molecular formula is C27H43N3O2S2. The Morgan fingerprint density at radius 3 is 2.76 bits per heavy atom. The van der Waals surface area contributed by atoms with Gasteiger partial charge in [-0.1, -0.05) is 47.5 Å². The lowest BCUT2D eigenvalue weighted by Crippen LogP contribution is -2.65. The van der Waals surface area contributed by atoms with E-state index in [-0.39, 0.29) is 17.9 Å². The van der Waals surface area contributed by atoms with E-state index in [4.69, 9.17) is 0 Å². The van der Waals surface area contributed by atoms with Crippen LogP contribution in [-0.4, -0.2) is 50.9 Å². The van der Waals surface area contributed by atoms with Crippen LogP contribution in [-0.2, 0) is 11.3 Å². The standard InChI is InChI=1S/C25H37N3O2S2.C2H6/c1-5-12-31-13-7-11-28-23(29)21-15-22-20(10-14-32-22)27(21)16-25(28,4)24(30)26-19-9-6-8-17(2)18(19)3;1-2/h10,14-15,17-19H,5-9,11-13,16H2,1-4H3,(H,26,30);1-2H3. The molecule has 2 amide bonds. The third kappa shape index (κ3) is 5.35. The van der Waals surface area contributed by atoms with Gasteiger partial charge in [0.15, 0.2) is 0 Å². The zero-order valence-electron chi connectivity index (χ0n) is 21.9. The van der Waals surface area contributed by atoms with Gasteiger partial charge in [0.2, 0.25) is 5.91 Å². The number of thioether (sulfide) groups is 1. The molecule has 1 aliphatic carbocycles. The summed E-state index contributed by atoms with van der Waals surface area (Å²) in [5.41, 5.74) is 0.904. The fraction of sp³-hybridized carbons (Fsp3) is 0.704. The van der Waals surface area contributed by atoms with E-state index in [1.807, 2.05) is 43.5 Å². The van der Waals surface area contributed by atoms with Gasteiger partial charge >= 0.3 is 0 Å². The number of thiophene rings is 1. The number of carbonyl (C=O) groups excluding carboxylic acids is 2. The molecule has 2 aliphatic rings. The Bertz CT molecular complexity index is 968. The van der Waals surface area contributed by atoms with E-state index in [1.165, 1.54) is 6.42 Å². The van der Waals surface area contributed by atoms with E-state index in [9.17, 15) is 9.59 Å². The van der Waals surface area contributed by atoms with Crippen LogP contribution in [0.15, 0.2) is 17.5 Å². The largest absolute Gasteiger partial charge is 0.351 e. The molecule has 7 heteroatoms. The molecule has 0 radical (unpaired) electrons. The van der Waals surface area contributed by atoms with Crippen molar-refractivity contribution in [2.75, 3.05) is 18.1 Å². The highest BCUT2D eigenvalue weighted by molar-refractivity contribution is 7.99. The van der Waals surface area contributed by atoms with Crippen molar-refractivity contribution in [2.45, 2.75) is 91.8 Å². The van der Waals surface area contributed by atoms with E-state index >= 15 is 0 Å². The van der Waals surface area contributed by atoms with Crippen LogP contribution >= 0.6 is 23.1 Å². The third-order valence-corrected chi connectivity index (χ3v) is 9.71. The van der Waals surface area contributed by atoms with Gasteiger partial charge in [-0.25, -0.2) is 0 Å². The number of nitrogens with zero attached hydrogens (tertiary/aromatic N) is 2. The average molecular weight is 506 g/mol. The summed E-state index contributed by atoms with van der Waals surface area (Å²) in [5, 5.41) is 5.44. The fourth-order valence-corrected chi connectivity index (χ4v) is 6.95. The molecule has 3 heterocycles. The van der Waals surface area contributed by atoms with E-state index in [0.717, 1.165) is 53.1 Å². The van der Waals surface area contributed by atoms with E-state index < -0.39 is 5.54 Å². The summed E-state index contributed by atoms with van der Waals surface area (Å²) in [6, 6.07) is 4.26. The van der Waals surface area contributed by atoms with Crippen molar-refractivity contribution in [3.8, 4) is 0 Å². The van der Waals surface area contributed by atoms with Crippen LogP contribution in [0.5, 0.6) is 0 Å². The predicted molar refractivity (Wildman–Crippen MR) is 147 cm³/mol. The molecule has 1 fully saturated rings. The smallest absolute Gasteiger partial charge is 0.271 e. The van der Waals surface area contributed by atoms with Gasteiger partial charge in [0, 0.05) is 12.6 Å². The van der Waals surface area contributed by atoms with Crippen molar-refractivity contribution in [3.63, 3.8) is 0 Å². The van der Waals surface area contributed by atoms with Crippen LogP contribution in [0.4, 0.5) is 0 Å². The monoisotopic (exact) mass is 505 g/mol. The number of fused-ring (bicyclic) bond motifs is 3. The zero-order valence-corrected chi connectivity index (χ0v) is 23.5. The molecule has 34 heavy (non-hydrogen) atoms. The minimum atomic E-state index is -0.881. The SMILES string of the molecule is CC.CCCSCCCN1C(=O)c2cc3sccc3n2CC1(C)C(=O)NC1CCCC(C)C1C. The number of amides is 2. The predicted octanol–water partition coefficient (Wildman–Crippen LogP) is 6.42. The highest BCUT2D eigenvalue weighted by Crippen LogP contribution is 2.36. The first-order valence-corrected chi connectivity index (χ1v) is 15.2. The number of aromatic nitrogens is 1. The minimum absolute atomic E-state index is 0.000686. The first-order chi connectivity index (χ1) is 16.4. The number of nitrogens with one attached hydrogen (secondary N) is 1. The van der Waals surface area contributed by atoms with Gasteiger partial charge in [0.1, 0.15) is 11.2 Å². The average Bonchev–Trinajstić information content (AvgIpc) is 3.42. The normalized spacial score (nSPS) is 26.7. The van der Waals surface area contributed by atoms with Crippen molar-refractivity contribution < 1.29 is 9.59 Å². The summed E-state index contributed by atoms with van der Waals surface area (Å²) in [7, 11) is 0. The number of rotatable bonds is 8. The Morgan fingerprint density at radius 2 is 2.03 bits per heavy atom. The minimum Gasteiger partial charge on any atom is -0.351 e. The van der Waals surface area contributed by atoms with Gasteiger partial charge in [0.25, 0.3) is 5.91 Å². The molecule has 2 aromatic rings. The molecule has 5 nitrogen and oxygen atoms in total. The lowest BCUT2D eigenvalue weighted by molar-refractivity contribution is -0.134. The van der Waals surface area contributed by atoms with Crippen molar-refractivity contribution >= 4 is 45.1 Å². The Labute approximate surface area is 214 Å². The lowest BCUT2D eigenvalue weighted by Gasteiger charge is -2.45. The Balaban J connectivity index is 0.00000158. The summed E-state index contributed by atoms with van der Waals surface area (Å²) in [6.07, 6.45) is 5.48. The maximum Gasteiger partial charge on any atom is 0.271 e. The molecule has 0 bridgehead atoms. The molecule has 4 rings (SSSR count). The van der Waals surface area contributed by atoms with Gasteiger partial charge in [-0.15, -0.1) is 11.3 Å². The molecule has 1 N–H and O–H groups in total. The summed E-state index contributed by atoms with van der Waals surface area (Å²) in [6.45, 7) is 13.8. The number of carbonyl (C=O) groups is 2. The highest BCUT2D eigenvalue weighted by Gasteiger charge is 2.48. The van der Waals surface area contributed by atoms with Gasteiger partial charge < -0.3 is 14.8 Å². The first-order valence-electron chi connectivity index (χ1n) is 13.1. The van der Waals surface area contributed by atoms with E-state index in [0.29, 0.717) is 24.9 Å². The molecule has 190 valence electrons. The lowest BCUT2D eigenvalue weighted by atomic mass is 9.77. The highest BCUT2D eigenvalue weighted by atomic mass is 32.2. The molecule has 0 aromatic carbocycles. The van der Waals surface area contributed by atoms with Crippen LogP contribution in [0.2, 0.25) is 0 Å². The van der Waals surface area contributed by atoms with Crippen LogP contribution in [0.3, 0.4) is 0 Å². The zero-order chi connectivity index (χ0) is 24.9. The number of hydrogen-bond donors (Lipinski definition) is 1. The van der Waals surface area contributed by atoms with Gasteiger partial charge in [-0.3, -0.25) is 9.59 Å². The van der Waals surface area contributed by atoms with Gasteiger partial charge in [-0.2, -0.15) is 11.8 Å². The Kier molecular flexibility index (Phi) is 9.56. The molecule has 1 aliphatic heterocycles. The van der Waals surface area contributed by atoms with Gasteiger partial charge in [-0.05, 0) is 67.0 Å². The summed E-state index contributed by atoms with van der Waals surface area (Å²) in [4.78, 5) is 29.3. The quantitative estimate of drug-likeness (QED) is 0.421. The van der Waals surface area contributed by atoms with Crippen LogP contribution in [0.1, 0.15) is 84.1 Å². The molecule has 1 saturated carbocycles. The topological polar surface area (TPSA) is 54.3 Å². The molecule has 2 aromatic heterocycles. The van der Waals surface area contributed by atoms with Crippen LogP contribution in [0, 0.1) is 11.8 Å². The van der Waals surface area contributed by atoms with E-state index in [1.54, 1.807) is 11.3 Å². The molecule has 4 atom stereocenters. The first kappa shape index (κ1) is 27.1. The van der Waals surface area contributed by atoms with Crippen molar-refractivity contribution in [3.05, 3.63) is 23.2 Å². The molecule has 0 saturated heterocycles. The maximum atomic E-state index is 13.8. The summed E-state index contributed by atoms with van der Waals surface area (Å²) in [5.74, 6) is 3.22. The second-order valence-electron chi connectivity index (χ2n) is 9.83. The Hall–Kier alpha value is -1.47. The van der Waals surface area contributed by atoms with Crippen LogP contribution < -0.4 is 5.32 Å². The fourth-order valence-electron chi connectivity index (χ4n) is 5.30. The van der Waals surface area contributed by atoms with Gasteiger partial charge in [0.05, 0.1) is 16.8 Å². The maximum absolute atomic E-state index is 13.8. The van der Waals surface area contributed by atoms with Crippen LogP contribution in [0.25, 0.3) is 10.2 Å². The van der Waals surface area contributed by atoms with E-state index in [2.05, 4.69) is 42.1 Å². The summed E-state index contributed by atoms with van der Waals surface area (Å²) >= 11 is 3.58. The van der Waals surface area contributed by atoms with Crippen molar-refractivity contribution in [1.82, 2.24) is 14.8 Å².